The maximum Gasteiger partial charge on any atom is 0.307 e. The standard InChI is InChI=1S/C11H21NO3/c13-8-3-1-2-6-12-7-4-5-10(9-12)11(14)15/h10,13H,1-9H2,(H,14,15). The van der Waals surface area contributed by atoms with Gasteiger partial charge in [-0.15, -0.1) is 0 Å². The summed E-state index contributed by atoms with van der Waals surface area (Å²) in [5.74, 6) is -0.827. The maximum absolute atomic E-state index is 10.8. The molecule has 4 nitrogen and oxygen atoms in total. The van der Waals surface area contributed by atoms with Crippen LogP contribution >= 0.6 is 0 Å². The van der Waals surface area contributed by atoms with Gasteiger partial charge in [0.15, 0.2) is 0 Å². The molecular weight excluding hydrogens is 194 g/mol. The first-order chi connectivity index (χ1) is 7.24. The average Bonchev–Trinajstić information content (AvgIpc) is 2.25. The Hall–Kier alpha value is -0.610. The van der Waals surface area contributed by atoms with Crippen molar-refractivity contribution in [2.45, 2.75) is 32.1 Å². The van der Waals surface area contributed by atoms with Crippen LogP contribution in [0.1, 0.15) is 32.1 Å². The number of hydrogen-bond donors (Lipinski definition) is 2. The van der Waals surface area contributed by atoms with E-state index in [4.69, 9.17) is 10.2 Å². The van der Waals surface area contributed by atoms with Gasteiger partial charge in [0.1, 0.15) is 0 Å². The third kappa shape index (κ3) is 4.62. The van der Waals surface area contributed by atoms with Gasteiger partial charge in [-0.25, -0.2) is 0 Å². The maximum atomic E-state index is 10.8. The quantitative estimate of drug-likeness (QED) is 0.647. The lowest BCUT2D eigenvalue weighted by Gasteiger charge is -2.30. The average molecular weight is 215 g/mol. The summed E-state index contributed by atoms with van der Waals surface area (Å²) in [6.45, 7) is 2.97. The highest BCUT2D eigenvalue weighted by Crippen LogP contribution is 2.16. The fraction of sp³-hybridized carbons (Fsp3) is 0.909. The molecule has 1 aliphatic heterocycles. The molecule has 0 amide bonds. The van der Waals surface area contributed by atoms with Crippen LogP contribution < -0.4 is 0 Å². The van der Waals surface area contributed by atoms with Crippen LogP contribution in [0.25, 0.3) is 0 Å². The predicted molar refractivity (Wildman–Crippen MR) is 57.7 cm³/mol. The van der Waals surface area contributed by atoms with E-state index in [9.17, 15) is 4.79 Å². The minimum Gasteiger partial charge on any atom is -0.481 e. The number of likely N-dealkylation sites (tertiary alicyclic amines) is 1. The minimum absolute atomic E-state index is 0.170. The van der Waals surface area contributed by atoms with E-state index in [0.717, 1.165) is 45.2 Å². The number of aliphatic carboxylic acids is 1. The van der Waals surface area contributed by atoms with E-state index < -0.39 is 5.97 Å². The Bertz CT molecular complexity index is 196. The van der Waals surface area contributed by atoms with Crippen molar-refractivity contribution in [2.24, 2.45) is 5.92 Å². The molecule has 1 unspecified atom stereocenters. The van der Waals surface area contributed by atoms with Crippen LogP contribution in [0.4, 0.5) is 0 Å². The lowest BCUT2D eigenvalue weighted by molar-refractivity contribution is -0.143. The van der Waals surface area contributed by atoms with Gasteiger partial charge < -0.3 is 15.1 Å². The second kappa shape index (κ2) is 6.80. The summed E-state index contributed by atoms with van der Waals surface area (Å²) in [4.78, 5) is 13.1. The molecule has 1 atom stereocenters. The number of rotatable bonds is 6. The van der Waals surface area contributed by atoms with Crippen LogP contribution in [0, 0.1) is 5.92 Å². The molecular formula is C11H21NO3. The largest absolute Gasteiger partial charge is 0.481 e. The molecule has 0 bridgehead atoms. The van der Waals surface area contributed by atoms with Gasteiger partial charge in [0, 0.05) is 13.2 Å². The summed E-state index contributed by atoms with van der Waals surface area (Å²) in [5.41, 5.74) is 0. The van der Waals surface area contributed by atoms with Gasteiger partial charge in [0.2, 0.25) is 0 Å². The zero-order chi connectivity index (χ0) is 11.1. The van der Waals surface area contributed by atoms with E-state index >= 15 is 0 Å². The van der Waals surface area contributed by atoms with Gasteiger partial charge in [0.05, 0.1) is 5.92 Å². The number of aliphatic hydroxyl groups is 1. The van der Waals surface area contributed by atoms with Crippen molar-refractivity contribution < 1.29 is 15.0 Å². The van der Waals surface area contributed by atoms with Crippen molar-refractivity contribution in [3.8, 4) is 0 Å². The molecule has 1 aliphatic rings. The highest BCUT2D eigenvalue weighted by molar-refractivity contribution is 5.70. The van der Waals surface area contributed by atoms with E-state index in [-0.39, 0.29) is 12.5 Å². The number of piperidine rings is 1. The van der Waals surface area contributed by atoms with E-state index in [1.54, 1.807) is 0 Å². The first-order valence-electron chi connectivity index (χ1n) is 5.80. The lowest BCUT2D eigenvalue weighted by Crippen LogP contribution is -2.39. The molecule has 88 valence electrons. The molecule has 1 heterocycles. The molecule has 1 fully saturated rings. The number of carbonyl (C=O) groups is 1. The minimum atomic E-state index is -0.657. The number of nitrogens with zero attached hydrogens (tertiary/aromatic N) is 1. The number of aliphatic hydroxyl groups excluding tert-OH is 1. The Morgan fingerprint density at radius 3 is 2.80 bits per heavy atom. The normalized spacial score (nSPS) is 22.9. The number of carboxylic acid groups (broad SMARTS) is 1. The van der Waals surface area contributed by atoms with Crippen LogP contribution in [0.5, 0.6) is 0 Å². The van der Waals surface area contributed by atoms with E-state index in [1.807, 2.05) is 0 Å². The highest BCUT2D eigenvalue weighted by atomic mass is 16.4. The second-order valence-electron chi connectivity index (χ2n) is 4.26. The van der Waals surface area contributed by atoms with Gasteiger partial charge in [-0.2, -0.15) is 0 Å². The molecule has 1 saturated heterocycles. The van der Waals surface area contributed by atoms with Gasteiger partial charge in [-0.05, 0) is 45.2 Å². The van der Waals surface area contributed by atoms with Crippen LogP contribution in [0.2, 0.25) is 0 Å². The molecule has 2 N–H and O–H groups in total. The second-order valence-corrected chi connectivity index (χ2v) is 4.26. The van der Waals surface area contributed by atoms with Crippen LogP contribution in [0.3, 0.4) is 0 Å². The number of carboxylic acids is 1. The first-order valence-corrected chi connectivity index (χ1v) is 5.80. The first kappa shape index (κ1) is 12.5. The van der Waals surface area contributed by atoms with Crippen molar-refractivity contribution in [3.05, 3.63) is 0 Å². The van der Waals surface area contributed by atoms with E-state index in [2.05, 4.69) is 4.90 Å². The SMILES string of the molecule is O=C(O)C1CCCN(CCCCCO)C1. The summed E-state index contributed by atoms with van der Waals surface area (Å²) in [6.07, 6.45) is 4.77. The Morgan fingerprint density at radius 2 is 2.13 bits per heavy atom. The molecule has 0 spiro atoms. The Labute approximate surface area is 90.9 Å². The van der Waals surface area contributed by atoms with E-state index in [0.29, 0.717) is 6.54 Å². The third-order valence-corrected chi connectivity index (χ3v) is 2.99. The van der Waals surface area contributed by atoms with Gasteiger partial charge in [0.25, 0.3) is 0 Å². The molecule has 0 aromatic rings. The Morgan fingerprint density at radius 1 is 1.33 bits per heavy atom. The Balaban J connectivity index is 2.15. The summed E-state index contributed by atoms with van der Waals surface area (Å²) in [6, 6.07) is 0. The molecule has 0 aliphatic carbocycles. The summed E-state index contributed by atoms with van der Waals surface area (Å²) in [7, 11) is 0. The van der Waals surface area contributed by atoms with Gasteiger partial charge in [-0.3, -0.25) is 4.79 Å². The fourth-order valence-electron chi connectivity index (χ4n) is 2.08. The van der Waals surface area contributed by atoms with Crippen LogP contribution in [-0.2, 0) is 4.79 Å². The van der Waals surface area contributed by atoms with Gasteiger partial charge >= 0.3 is 5.97 Å². The highest BCUT2D eigenvalue weighted by Gasteiger charge is 2.24. The van der Waals surface area contributed by atoms with E-state index in [1.165, 1.54) is 0 Å². The van der Waals surface area contributed by atoms with Crippen molar-refractivity contribution in [1.29, 1.82) is 0 Å². The molecule has 0 radical (unpaired) electrons. The lowest BCUT2D eigenvalue weighted by atomic mass is 9.98. The topological polar surface area (TPSA) is 60.8 Å². The van der Waals surface area contributed by atoms with Crippen LogP contribution in [-0.4, -0.2) is 47.3 Å². The predicted octanol–water partition coefficient (Wildman–Crippen LogP) is 0.946. The zero-order valence-corrected chi connectivity index (χ0v) is 9.19. The fourth-order valence-corrected chi connectivity index (χ4v) is 2.08. The van der Waals surface area contributed by atoms with Crippen molar-refractivity contribution in [2.75, 3.05) is 26.2 Å². The van der Waals surface area contributed by atoms with Crippen molar-refractivity contribution in [3.63, 3.8) is 0 Å². The zero-order valence-electron chi connectivity index (χ0n) is 9.19. The monoisotopic (exact) mass is 215 g/mol. The van der Waals surface area contributed by atoms with Crippen LogP contribution in [0.15, 0.2) is 0 Å². The molecule has 0 aromatic carbocycles. The van der Waals surface area contributed by atoms with Crippen molar-refractivity contribution in [1.82, 2.24) is 4.90 Å². The summed E-state index contributed by atoms with van der Waals surface area (Å²) in [5, 5.41) is 17.5. The number of unbranched alkanes of at least 4 members (excludes halogenated alkanes) is 2. The molecule has 4 heteroatoms. The van der Waals surface area contributed by atoms with Gasteiger partial charge in [-0.1, -0.05) is 0 Å². The summed E-state index contributed by atoms with van der Waals surface area (Å²) >= 11 is 0. The Kier molecular flexibility index (Phi) is 5.65. The molecule has 1 rings (SSSR count). The molecule has 15 heavy (non-hydrogen) atoms. The molecule has 0 aromatic heterocycles. The number of hydrogen-bond acceptors (Lipinski definition) is 3. The third-order valence-electron chi connectivity index (χ3n) is 2.99. The molecule has 0 saturated carbocycles. The van der Waals surface area contributed by atoms with Crippen molar-refractivity contribution >= 4 is 5.97 Å². The summed E-state index contributed by atoms with van der Waals surface area (Å²) < 4.78 is 0. The smallest absolute Gasteiger partial charge is 0.307 e.